The van der Waals surface area contributed by atoms with E-state index in [2.05, 4.69) is 25.2 Å². The molecule has 0 amide bonds. The highest BCUT2D eigenvalue weighted by atomic mass is 16.4. The Kier molecular flexibility index (Phi) is 5.94. The maximum Gasteiger partial charge on any atom is 0.307 e. The lowest BCUT2D eigenvalue weighted by Gasteiger charge is -2.19. The van der Waals surface area contributed by atoms with Gasteiger partial charge in [-0.15, -0.1) is 0 Å². The second kappa shape index (κ2) is 7.73. The monoisotopic (exact) mass is 317 g/mol. The molecule has 126 valence electrons. The van der Waals surface area contributed by atoms with Gasteiger partial charge in [0.2, 0.25) is 0 Å². The van der Waals surface area contributed by atoms with Gasteiger partial charge in [-0.3, -0.25) is 9.59 Å². The van der Waals surface area contributed by atoms with Gasteiger partial charge in [0.15, 0.2) is 5.78 Å². The number of hydrogen-bond acceptors (Lipinski definition) is 3. The Morgan fingerprint density at radius 3 is 2.35 bits per heavy atom. The molecule has 23 heavy (non-hydrogen) atoms. The lowest BCUT2D eigenvalue weighted by Crippen LogP contribution is -2.27. The van der Waals surface area contributed by atoms with Gasteiger partial charge in [-0.2, -0.15) is 0 Å². The van der Waals surface area contributed by atoms with E-state index in [1.165, 1.54) is 0 Å². The lowest BCUT2D eigenvalue weighted by atomic mass is 9.85. The van der Waals surface area contributed by atoms with Gasteiger partial charge >= 0.3 is 5.97 Å². The van der Waals surface area contributed by atoms with E-state index in [1.54, 1.807) is 6.92 Å². The van der Waals surface area contributed by atoms with E-state index in [-0.39, 0.29) is 17.6 Å². The van der Waals surface area contributed by atoms with Crippen molar-refractivity contribution in [2.45, 2.75) is 40.0 Å². The van der Waals surface area contributed by atoms with Gasteiger partial charge in [-0.1, -0.05) is 19.9 Å². The summed E-state index contributed by atoms with van der Waals surface area (Å²) in [6.45, 7) is 7.51. The summed E-state index contributed by atoms with van der Waals surface area (Å²) >= 11 is 0. The maximum atomic E-state index is 11.8. The SMILES string of the molecule is CC(=O)c1cc(CC(C)C)cc(CC(C(=O)O)C2CCNC2)c1. The van der Waals surface area contributed by atoms with E-state index in [0.29, 0.717) is 17.9 Å². The van der Waals surface area contributed by atoms with Crippen molar-refractivity contribution in [2.75, 3.05) is 13.1 Å². The van der Waals surface area contributed by atoms with Gasteiger partial charge < -0.3 is 10.4 Å². The molecule has 2 rings (SSSR count). The van der Waals surface area contributed by atoms with Crippen LogP contribution < -0.4 is 5.32 Å². The number of ketones is 1. The smallest absolute Gasteiger partial charge is 0.307 e. The summed E-state index contributed by atoms with van der Waals surface area (Å²) < 4.78 is 0. The zero-order chi connectivity index (χ0) is 17.0. The molecule has 1 aliphatic rings. The van der Waals surface area contributed by atoms with Crippen LogP contribution in [0, 0.1) is 17.8 Å². The maximum absolute atomic E-state index is 11.8. The fourth-order valence-corrected chi connectivity index (χ4v) is 3.40. The lowest BCUT2D eigenvalue weighted by molar-refractivity contribution is -0.143. The van der Waals surface area contributed by atoms with Crippen LogP contribution in [0.3, 0.4) is 0 Å². The molecule has 1 saturated heterocycles. The summed E-state index contributed by atoms with van der Waals surface area (Å²) in [7, 11) is 0. The predicted molar refractivity (Wildman–Crippen MR) is 90.8 cm³/mol. The minimum atomic E-state index is -0.739. The summed E-state index contributed by atoms with van der Waals surface area (Å²) in [6.07, 6.45) is 2.30. The molecule has 1 aliphatic heterocycles. The third-order valence-corrected chi connectivity index (χ3v) is 4.54. The van der Waals surface area contributed by atoms with E-state index in [4.69, 9.17) is 0 Å². The molecule has 0 saturated carbocycles. The Balaban J connectivity index is 2.26. The van der Waals surface area contributed by atoms with E-state index < -0.39 is 5.97 Å². The molecule has 1 heterocycles. The first-order valence-electron chi connectivity index (χ1n) is 8.44. The highest BCUT2D eigenvalue weighted by Crippen LogP contribution is 2.25. The fraction of sp³-hybridized carbons (Fsp3) is 0.579. The summed E-state index contributed by atoms with van der Waals surface area (Å²) in [5, 5.41) is 12.8. The molecule has 1 fully saturated rings. The molecule has 0 radical (unpaired) electrons. The first kappa shape index (κ1) is 17.7. The van der Waals surface area contributed by atoms with Crippen molar-refractivity contribution in [1.82, 2.24) is 5.32 Å². The minimum absolute atomic E-state index is 0.0336. The summed E-state index contributed by atoms with van der Waals surface area (Å²) in [5.41, 5.74) is 2.77. The molecular formula is C19H27NO3. The summed E-state index contributed by atoms with van der Waals surface area (Å²) in [5.74, 6) is -0.427. The molecule has 0 aliphatic carbocycles. The molecule has 0 bridgehead atoms. The number of rotatable bonds is 7. The van der Waals surface area contributed by atoms with Gasteiger partial charge in [0.05, 0.1) is 5.92 Å². The number of carbonyl (C=O) groups excluding carboxylic acids is 1. The zero-order valence-electron chi connectivity index (χ0n) is 14.3. The topological polar surface area (TPSA) is 66.4 Å². The van der Waals surface area contributed by atoms with Crippen molar-refractivity contribution < 1.29 is 14.7 Å². The van der Waals surface area contributed by atoms with Crippen LogP contribution in [0.1, 0.15) is 48.7 Å². The number of carboxylic acid groups (broad SMARTS) is 1. The summed E-state index contributed by atoms with van der Waals surface area (Å²) in [6, 6.07) is 5.88. The fourth-order valence-electron chi connectivity index (χ4n) is 3.40. The Bertz CT molecular complexity index is 574. The molecule has 1 aromatic carbocycles. The summed E-state index contributed by atoms with van der Waals surface area (Å²) in [4.78, 5) is 23.5. The van der Waals surface area contributed by atoms with E-state index in [9.17, 15) is 14.7 Å². The Morgan fingerprint density at radius 2 is 1.87 bits per heavy atom. The van der Waals surface area contributed by atoms with Gasteiger partial charge in [0, 0.05) is 5.56 Å². The Labute approximate surface area is 138 Å². The van der Waals surface area contributed by atoms with Crippen molar-refractivity contribution in [3.63, 3.8) is 0 Å². The normalized spacial score (nSPS) is 19.0. The van der Waals surface area contributed by atoms with Crippen LogP contribution in [-0.2, 0) is 17.6 Å². The molecule has 4 heteroatoms. The molecule has 0 spiro atoms. The van der Waals surface area contributed by atoms with Gasteiger partial charge in [0.1, 0.15) is 0 Å². The van der Waals surface area contributed by atoms with E-state index >= 15 is 0 Å². The molecule has 2 atom stereocenters. The van der Waals surface area contributed by atoms with Gasteiger partial charge in [0.25, 0.3) is 0 Å². The van der Waals surface area contributed by atoms with Crippen LogP contribution in [-0.4, -0.2) is 29.9 Å². The second-order valence-corrected chi connectivity index (χ2v) is 7.09. The number of nitrogens with one attached hydrogen (secondary N) is 1. The highest BCUT2D eigenvalue weighted by Gasteiger charge is 2.30. The zero-order valence-corrected chi connectivity index (χ0v) is 14.3. The van der Waals surface area contributed by atoms with Crippen molar-refractivity contribution >= 4 is 11.8 Å². The molecule has 0 aromatic heterocycles. The quantitative estimate of drug-likeness (QED) is 0.759. The van der Waals surface area contributed by atoms with Crippen molar-refractivity contribution in [3.05, 3.63) is 34.9 Å². The first-order valence-corrected chi connectivity index (χ1v) is 8.44. The van der Waals surface area contributed by atoms with E-state index in [0.717, 1.165) is 37.1 Å². The molecule has 4 nitrogen and oxygen atoms in total. The van der Waals surface area contributed by atoms with Gasteiger partial charge in [-0.25, -0.2) is 0 Å². The third kappa shape index (κ3) is 4.90. The Hall–Kier alpha value is -1.68. The van der Waals surface area contributed by atoms with Crippen LogP contribution in [0.4, 0.5) is 0 Å². The predicted octanol–water partition coefficient (Wildman–Crippen LogP) is 2.94. The van der Waals surface area contributed by atoms with Crippen molar-refractivity contribution in [2.24, 2.45) is 17.8 Å². The standard InChI is InChI=1S/C19H27NO3/c1-12(2)6-14-7-15(9-17(8-14)13(3)21)10-18(19(22)23)16-4-5-20-11-16/h7-9,12,16,18,20H,4-6,10-11H2,1-3H3,(H,22,23). The highest BCUT2D eigenvalue weighted by molar-refractivity contribution is 5.94. The first-order chi connectivity index (χ1) is 10.9. The number of Topliss-reactive ketones (excluding diaryl/α,β-unsaturated/α-hetero) is 1. The van der Waals surface area contributed by atoms with E-state index in [1.807, 2.05) is 12.1 Å². The average molecular weight is 317 g/mol. The van der Waals surface area contributed by atoms with Crippen molar-refractivity contribution in [1.29, 1.82) is 0 Å². The number of carboxylic acids is 1. The number of benzene rings is 1. The Morgan fingerprint density at radius 1 is 1.22 bits per heavy atom. The number of aliphatic carboxylic acids is 1. The third-order valence-electron chi connectivity index (χ3n) is 4.54. The molecular weight excluding hydrogens is 290 g/mol. The largest absolute Gasteiger partial charge is 0.481 e. The van der Waals surface area contributed by atoms with Crippen molar-refractivity contribution in [3.8, 4) is 0 Å². The number of carbonyl (C=O) groups is 2. The van der Waals surface area contributed by atoms with Crippen LogP contribution >= 0.6 is 0 Å². The minimum Gasteiger partial charge on any atom is -0.481 e. The second-order valence-electron chi connectivity index (χ2n) is 7.09. The van der Waals surface area contributed by atoms with Gasteiger partial charge in [-0.05, 0) is 74.4 Å². The van der Waals surface area contributed by atoms with Crippen LogP contribution in [0.15, 0.2) is 18.2 Å². The van der Waals surface area contributed by atoms with Crippen LogP contribution in [0.5, 0.6) is 0 Å². The number of hydrogen-bond donors (Lipinski definition) is 2. The molecule has 2 unspecified atom stereocenters. The molecule has 1 aromatic rings. The molecule has 2 N–H and O–H groups in total. The average Bonchev–Trinajstić information content (AvgIpc) is 2.97. The van der Waals surface area contributed by atoms with Crippen LogP contribution in [0.25, 0.3) is 0 Å². The van der Waals surface area contributed by atoms with Crippen LogP contribution in [0.2, 0.25) is 0 Å².